The van der Waals surface area contributed by atoms with Gasteiger partial charge in [-0.25, -0.2) is 0 Å². The van der Waals surface area contributed by atoms with Gasteiger partial charge in [-0.3, -0.25) is 4.79 Å². The maximum atomic E-state index is 12.3. The van der Waals surface area contributed by atoms with E-state index in [9.17, 15) is 14.7 Å². The van der Waals surface area contributed by atoms with Crippen molar-refractivity contribution in [2.45, 2.75) is 12.2 Å². The molecule has 0 aliphatic carbocycles. The van der Waals surface area contributed by atoms with Gasteiger partial charge in [0.2, 0.25) is 5.91 Å². The Labute approximate surface area is 129 Å². The second-order valence-corrected chi connectivity index (χ2v) is 6.06. The summed E-state index contributed by atoms with van der Waals surface area (Å²) in [7, 11) is 0. The zero-order valence-electron chi connectivity index (χ0n) is 10.3. The number of hydrogen-bond donors (Lipinski definition) is 1. The minimum Gasteiger partial charge on any atom is -0.550 e. The predicted octanol–water partition coefficient (Wildman–Crippen LogP) is 0.549. The Morgan fingerprint density at radius 1 is 1.10 bits per heavy atom. The third kappa shape index (κ3) is 2.33. The van der Waals surface area contributed by atoms with Crippen LogP contribution in [0.3, 0.4) is 0 Å². The van der Waals surface area contributed by atoms with Crippen LogP contribution in [0.2, 0.25) is 0 Å². The quantitative estimate of drug-likeness (QED) is 0.610. The van der Waals surface area contributed by atoms with Crippen molar-refractivity contribution in [2.24, 2.45) is 11.8 Å². The van der Waals surface area contributed by atoms with Gasteiger partial charge in [0.05, 0.1) is 18.1 Å². The molecule has 1 aromatic carbocycles. The van der Waals surface area contributed by atoms with E-state index >= 15 is 0 Å². The van der Waals surface area contributed by atoms with Gasteiger partial charge in [0.25, 0.3) is 0 Å². The van der Waals surface area contributed by atoms with Crippen LogP contribution in [0.1, 0.15) is 0 Å². The Morgan fingerprint density at radius 2 is 1.70 bits per heavy atom. The summed E-state index contributed by atoms with van der Waals surface area (Å²) in [6, 6.07) is 7.28. The second kappa shape index (κ2) is 5.17. The molecule has 104 valence electrons. The summed E-state index contributed by atoms with van der Waals surface area (Å²) in [4.78, 5) is 23.5. The number of anilines is 1. The molecule has 2 bridgehead atoms. The minimum atomic E-state index is -1.25. The number of benzene rings is 1. The van der Waals surface area contributed by atoms with E-state index in [2.05, 4.69) is 27.9 Å². The number of carboxylic acids is 1. The minimum absolute atomic E-state index is 0.350. The van der Waals surface area contributed by atoms with Crippen molar-refractivity contribution in [1.82, 2.24) is 0 Å². The number of rotatable bonds is 3. The lowest BCUT2D eigenvalue weighted by atomic mass is 9.82. The number of carbonyl (C=O) groups excluding carboxylic acids is 2. The molecule has 0 saturated carbocycles. The van der Waals surface area contributed by atoms with E-state index in [1.807, 2.05) is 12.1 Å². The van der Waals surface area contributed by atoms with Gasteiger partial charge in [0.1, 0.15) is 0 Å². The summed E-state index contributed by atoms with van der Waals surface area (Å²) in [5.41, 5.74) is 0.638. The van der Waals surface area contributed by atoms with E-state index in [1.54, 1.807) is 24.3 Å². The summed E-state index contributed by atoms with van der Waals surface area (Å²) in [5.74, 6) is -3.26. The van der Waals surface area contributed by atoms with Gasteiger partial charge in [0, 0.05) is 21.1 Å². The van der Waals surface area contributed by atoms with Gasteiger partial charge in [0.15, 0.2) is 0 Å². The highest BCUT2D eigenvalue weighted by atomic mass is 127. The van der Waals surface area contributed by atoms with Gasteiger partial charge < -0.3 is 20.0 Å². The number of fused-ring (bicyclic) bond motifs is 2. The normalized spacial score (nSPS) is 30.4. The summed E-state index contributed by atoms with van der Waals surface area (Å²) in [6.45, 7) is 0. The number of aliphatic carboxylic acids is 1. The van der Waals surface area contributed by atoms with Crippen molar-refractivity contribution in [2.75, 3.05) is 5.32 Å². The van der Waals surface area contributed by atoms with Crippen molar-refractivity contribution >= 4 is 40.2 Å². The molecule has 20 heavy (non-hydrogen) atoms. The molecule has 2 aliphatic heterocycles. The number of carbonyl (C=O) groups is 2. The average Bonchev–Trinajstić information content (AvgIpc) is 3.01. The molecular formula is C14H11INO4-. The number of ether oxygens (including phenoxy) is 1. The Hall–Kier alpha value is -1.41. The average molecular weight is 384 g/mol. The van der Waals surface area contributed by atoms with Crippen molar-refractivity contribution in [3.8, 4) is 0 Å². The molecule has 1 fully saturated rings. The van der Waals surface area contributed by atoms with Crippen molar-refractivity contribution in [1.29, 1.82) is 0 Å². The highest BCUT2D eigenvalue weighted by molar-refractivity contribution is 14.1. The first-order valence-electron chi connectivity index (χ1n) is 6.17. The van der Waals surface area contributed by atoms with E-state index < -0.39 is 30.0 Å². The van der Waals surface area contributed by atoms with Crippen LogP contribution < -0.4 is 10.4 Å². The van der Waals surface area contributed by atoms with Crippen molar-refractivity contribution < 1.29 is 19.4 Å². The van der Waals surface area contributed by atoms with Crippen LogP contribution in [-0.4, -0.2) is 24.1 Å². The van der Waals surface area contributed by atoms with E-state index in [1.165, 1.54) is 0 Å². The van der Waals surface area contributed by atoms with E-state index in [0.717, 1.165) is 3.57 Å². The molecule has 0 unspecified atom stereocenters. The zero-order valence-corrected chi connectivity index (χ0v) is 12.4. The van der Waals surface area contributed by atoms with Crippen LogP contribution in [-0.2, 0) is 14.3 Å². The third-order valence-electron chi connectivity index (χ3n) is 3.59. The van der Waals surface area contributed by atoms with Gasteiger partial charge in [-0.15, -0.1) is 0 Å². The van der Waals surface area contributed by atoms with E-state index in [-0.39, 0.29) is 5.91 Å². The zero-order chi connectivity index (χ0) is 14.3. The van der Waals surface area contributed by atoms with Gasteiger partial charge >= 0.3 is 0 Å². The van der Waals surface area contributed by atoms with Crippen LogP contribution in [0.15, 0.2) is 36.4 Å². The van der Waals surface area contributed by atoms with E-state index in [0.29, 0.717) is 5.69 Å². The molecule has 1 saturated heterocycles. The van der Waals surface area contributed by atoms with Crippen LogP contribution in [0, 0.1) is 15.4 Å². The van der Waals surface area contributed by atoms with Gasteiger partial charge in [-0.05, 0) is 46.9 Å². The number of hydrogen-bond acceptors (Lipinski definition) is 4. The number of nitrogens with one attached hydrogen (secondary N) is 1. The Bertz CT molecular complexity index is 583. The van der Waals surface area contributed by atoms with Crippen LogP contribution >= 0.6 is 22.6 Å². The number of amides is 1. The Balaban J connectivity index is 1.78. The predicted molar refractivity (Wildman–Crippen MR) is 77.6 cm³/mol. The number of carboxylic acid groups (broad SMARTS) is 1. The smallest absolute Gasteiger partial charge is 0.231 e. The maximum Gasteiger partial charge on any atom is 0.231 e. The summed E-state index contributed by atoms with van der Waals surface area (Å²) in [6.07, 6.45) is 2.38. The molecule has 3 rings (SSSR count). The molecule has 2 heterocycles. The third-order valence-corrected chi connectivity index (χ3v) is 4.31. The topological polar surface area (TPSA) is 78.5 Å². The molecule has 0 aromatic heterocycles. The van der Waals surface area contributed by atoms with Crippen LogP contribution in [0.5, 0.6) is 0 Å². The SMILES string of the molecule is O=C(Nc1ccc(I)cc1)[C@H]1[C@H](C(=O)[O-])[C@H]2C=C[C@@H]1O2. The highest BCUT2D eigenvalue weighted by Gasteiger charge is 2.50. The number of halogens is 1. The molecule has 1 aromatic rings. The molecule has 0 spiro atoms. The summed E-state index contributed by atoms with van der Waals surface area (Å²) < 4.78 is 6.50. The van der Waals surface area contributed by atoms with Crippen LogP contribution in [0.4, 0.5) is 5.69 Å². The molecular weight excluding hydrogens is 373 g/mol. The largest absolute Gasteiger partial charge is 0.550 e. The summed E-state index contributed by atoms with van der Waals surface area (Å²) >= 11 is 2.17. The van der Waals surface area contributed by atoms with Crippen molar-refractivity contribution in [3.63, 3.8) is 0 Å². The Kier molecular flexibility index (Phi) is 3.51. The maximum absolute atomic E-state index is 12.3. The molecule has 2 aliphatic rings. The molecule has 6 heteroatoms. The first-order valence-corrected chi connectivity index (χ1v) is 7.25. The lowest BCUT2D eigenvalue weighted by molar-refractivity contribution is -0.313. The summed E-state index contributed by atoms with van der Waals surface area (Å²) in [5, 5.41) is 13.9. The van der Waals surface area contributed by atoms with Gasteiger partial charge in [-0.1, -0.05) is 12.2 Å². The fourth-order valence-corrected chi connectivity index (χ4v) is 3.02. The fourth-order valence-electron chi connectivity index (χ4n) is 2.66. The van der Waals surface area contributed by atoms with E-state index in [4.69, 9.17) is 4.74 Å². The van der Waals surface area contributed by atoms with Crippen LogP contribution in [0.25, 0.3) is 0 Å². The molecule has 0 radical (unpaired) electrons. The molecule has 1 N–H and O–H groups in total. The lowest BCUT2D eigenvalue weighted by Gasteiger charge is -2.24. The Morgan fingerprint density at radius 3 is 2.30 bits per heavy atom. The molecule has 5 nitrogen and oxygen atoms in total. The first kappa shape index (κ1) is 13.6. The highest BCUT2D eigenvalue weighted by Crippen LogP contribution is 2.39. The monoisotopic (exact) mass is 384 g/mol. The fraction of sp³-hybridized carbons (Fsp3) is 0.286. The molecule has 4 atom stereocenters. The van der Waals surface area contributed by atoms with Gasteiger partial charge in [-0.2, -0.15) is 0 Å². The van der Waals surface area contributed by atoms with Crippen molar-refractivity contribution in [3.05, 3.63) is 40.0 Å². The first-order chi connectivity index (χ1) is 9.56. The second-order valence-electron chi connectivity index (χ2n) is 4.82. The lowest BCUT2D eigenvalue weighted by Crippen LogP contribution is -2.45. The molecule has 1 amide bonds. The standard InChI is InChI=1S/C14H12INO4/c15-7-1-3-8(4-2-7)16-13(17)11-9-5-6-10(20-9)12(11)14(18)19/h1-6,9-12H,(H,16,17)(H,18,19)/p-1/t9-,10+,11+,12+/m0/s1.